The molecule has 0 atom stereocenters. The van der Waals surface area contributed by atoms with Crippen LogP contribution in [0.4, 0.5) is 10.3 Å². The molecule has 4 aromatic heterocycles. The van der Waals surface area contributed by atoms with Gasteiger partial charge in [-0.25, -0.2) is 19.6 Å². The molecule has 2 saturated heterocycles. The van der Waals surface area contributed by atoms with Gasteiger partial charge in [-0.3, -0.25) is 9.80 Å². The van der Waals surface area contributed by atoms with E-state index < -0.39 is 5.97 Å². The molecule has 1 N–H and O–H groups in total. The van der Waals surface area contributed by atoms with Crippen LogP contribution in [0.25, 0.3) is 42.9 Å². The summed E-state index contributed by atoms with van der Waals surface area (Å²) in [6.07, 6.45) is 6.20. The zero-order valence-corrected chi connectivity index (χ0v) is 54.6. The Bertz CT molecular complexity index is 3370. The number of esters is 1. The molecule has 14 nitrogen and oxygen atoms in total. The quantitative estimate of drug-likeness (QED) is 0.0811. The Morgan fingerprint density at radius 1 is 0.633 bits per heavy atom. The standard InChI is InChI=1S/C27H26Cl2N4O3S.C26H24Cl2N4O3S.2CH4.I4/c1-35-26(34)17-7-8-21-22(15-17)37-27(30-21)33-13-11-32(12-14-33)10-9-18-24(31-36-25(18)16-5-6-16)23-19(28)3-2-4-20(23)29;27-18-2-1-3-19(28)22(18)23-17(24(35-30-23)15-4-5-15)8-9-31-10-12-32(13-11-31)26-29-20-7-6-16(25(33)34)14-21(20)36-26;;;1-4(2)3/h2-4,7-8,15-16H,5-6,9-14H2,1H3;1-3,6-7,14-15H,4-5,8-13H2,(H,33,34);2*1H4;. The van der Waals surface area contributed by atoms with Gasteiger partial charge in [-0.15, -0.1) is 0 Å². The second-order valence-electron chi connectivity index (χ2n) is 19.0. The van der Waals surface area contributed by atoms with E-state index in [-0.39, 0.29) is 28.7 Å². The van der Waals surface area contributed by atoms with Gasteiger partial charge in [0.05, 0.1) is 58.8 Å². The van der Waals surface area contributed by atoms with Crippen molar-refractivity contribution in [2.24, 2.45) is 0 Å². The van der Waals surface area contributed by atoms with Crippen LogP contribution in [0.3, 0.4) is 0 Å². The Morgan fingerprint density at radius 3 is 1.38 bits per heavy atom. The molecule has 24 heteroatoms. The van der Waals surface area contributed by atoms with Gasteiger partial charge in [-0.2, -0.15) is 0 Å². The van der Waals surface area contributed by atoms with E-state index in [1.807, 2.05) is 48.5 Å². The molecule has 0 unspecified atom stereocenters. The first-order valence-corrected chi connectivity index (χ1v) is 46.9. The van der Waals surface area contributed by atoms with Crippen molar-refractivity contribution in [1.29, 1.82) is 0 Å². The number of anilines is 2. The third-order valence-electron chi connectivity index (χ3n) is 14.0. The number of methoxy groups -OCH3 is 1. The first-order chi connectivity index (χ1) is 37.2. The molecule has 0 bridgehead atoms. The summed E-state index contributed by atoms with van der Waals surface area (Å²) < 4.78 is 18.4. The molecule has 0 spiro atoms. The van der Waals surface area contributed by atoms with E-state index in [9.17, 15) is 14.7 Å². The Labute approximate surface area is 524 Å². The molecule has 6 heterocycles. The van der Waals surface area contributed by atoms with E-state index in [1.165, 1.54) is 7.11 Å². The minimum atomic E-state index is -0.918. The molecule has 4 aromatic carbocycles. The summed E-state index contributed by atoms with van der Waals surface area (Å²) in [5.74, 6) is 1.62. The Balaban J connectivity index is 0.000000190. The fourth-order valence-electron chi connectivity index (χ4n) is 9.64. The topological polar surface area (TPSA) is 154 Å². The van der Waals surface area contributed by atoms with Crippen molar-refractivity contribution in [3.8, 4) is 22.5 Å². The summed E-state index contributed by atoms with van der Waals surface area (Å²) in [6.45, 7) is 9.05. The van der Waals surface area contributed by atoms with Crippen molar-refractivity contribution < 1.29 is 28.5 Å². The minimum absolute atomic E-state index is 0. The molecule has 12 rings (SSSR count). The van der Waals surface area contributed by atoms with Crippen LogP contribution in [-0.2, 0) is 17.6 Å². The molecule has 8 aromatic rings. The van der Waals surface area contributed by atoms with Crippen molar-refractivity contribution in [2.75, 3.05) is 82.4 Å². The number of carbonyl (C=O) groups is 2. The number of thiazole rings is 2. The predicted molar refractivity (Wildman–Crippen MR) is 360 cm³/mol. The van der Waals surface area contributed by atoms with Gasteiger partial charge in [0, 0.05) is 99.5 Å². The SMILES string of the molecule is C.C.COC(=O)c1ccc2nc(N3CCN(CCc4c(-c5c(Cl)cccc5Cl)noc4C4CC4)CC3)sc2c1.II(I)I.O=C(O)c1ccc2nc(N3CCN(CCc4c(-c5c(Cl)cccc5Cl)noc4C4CC4)CC3)sc2c1. The van der Waals surface area contributed by atoms with E-state index in [2.05, 4.69) is 85.8 Å². The number of hydrogen-bond donors (Lipinski definition) is 1. The van der Waals surface area contributed by atoms with Gasteiger partial charge in [0.25, 0.3) is 0 Å². The number of fused-ring (bicyclic) bond motifs is 2. The smallest absolute Gasteiger partial charge is 0.335 e. The molecule has 0 amide bonds. The summed E-state index contributed by atoms with van der Waals surface area (Å²) >= 11 is 36.6. The van der Waals surface area contributed by atoms with E-state index in [4.69, 9.17) is 70.2 Å². The molecular weight excluding hydrogens is 1580 g/mol. The first-order valence-electron chi connectivity index (χ1n) is 24.9. The fourth-order valence-corrected chi connectivity index (χ4v) is 12.9. The monoisotopic (exact) mass is 1640 g/mol. The second kappa shape index (κ2) is 28.5. The first kappa shape index (κ1) is 62.7. The number of hydrogen-bond acceptors (Lipinski definition) is 15. The minimum Gasteiger partial charge on any atom is -0.478 e. The molecule has 0 radical (unpaired) electrons. The van der Waals surface area contributed by atoms with Crippen LogP contribution >= 0.6 is 133 Å². The van der Waals surface area contributed by atoms with Crippen molar-refractivity contribution in [2.45, 2.75) is 65.2 Å². The number of carbonyl (C=O) groups excluding carboxylic acids is 1. The van der Waals surface area contributed by atoms with Gasteiger partial charge in [0.15, 0.2) is 10.3 Å². The van der Waals surface area contributed by atoms with Crippen LogP contribution in [0.1, 0.15) is 95.7 Å². The average Bonchev–Trinajstić information content (AvgIpc) is 4.36. The zero-order valence-electron chi connectivity index (χ0n) is 41.3. The maximum Gasteiger partial charge on any atom is 0.335 e. The van der Waals surface area contributed by atoms with E-state index in [0.717, 1.165) is 180 Å². The summed E-state index contributed by atoms with van der Waals surface area (Å²) in [4.78, 5) is 42.2. The number of halogens is 8. The normalized spacial score (nSPS) is 15.9. The van der Waals surface area contributed by atoms with Gasteiger partial charge in [0.2, 0.25) is 0 Å². The van der Waals surface area contributed by atoms with Gasteiger partial charge in [-0.05, 0) is 99.2 Å². The molecule has 79 heavy (non-hydrogen) atoms. The largest absolute Gasteiger partial charge is 0.478 e. The summed E-state index contributed by atoms with van der Waals surface area (Å²) in [6, 6.07) is 21.6. The van der Waals surface area contributed by atoms with Crippen LogP contribution in [0.5, 0.6) is 0 Å². The Morgan fingerprint density at radius 2 is 1.01 bits per heavy atom. The number of piperazine rings is 2. The second-order valence-corrected chi connectivity index (χ2v) is 71.3. The molecule has 2 saturated carbocycles. The summed E-state index contributed by atoms with van der Waals surface area (Å²) in [5, 5.41) is 22.4. The van der Waals surface area contributed by atoms with E-state index in [0.29, 0.717) is 43.1 Å². The number of carboxylic acid groups (broad SMARTS) is 1. The number of carboxylic acids is 1. The molecule has 2 aliphatic carbocycles. The van der Waals surface area contributed by atoms with Crippen molar-refractivity contribution in [1.82, 2.24) is 30.1 Å². The maximum absolute atomic E-state index is 11.9. The number of aromatic carboxylic acids is 1. The average molecular weight is 1640 g/mol. The Hall–Kier alpha value is -2.38. The zero-order chi connectivity index (χ0) is 53.9. The van der Waals surface area contributed by atoms with Crippen LogP contribution in [-0.4, -0.2) is 120 Å². The van der Waals surface area contributed by atoms with Crippen LogP contribution in [0, 0.1) is 0 Å². The number of ether oxygens (including phenoxy) is 1. The van der Waals surface area contributed by atoms with Crippen LogP contribution < -0.4 is 9.80 Å². The molecular formula is C55H58Cl4I4N8O6S2. The number of nitrogens with zero attached hydrogens (tertiary/aromatic N) is 8. The van der Waals surface area contributed by atoms with Gasteiger partial charge in [-0.1, -0.05) is 106 Å². The van der Waals surface area contributed by atoms with Crippen molar-refractivity contribution in [3.05, 3.63) is 127 Å². The maximum atomic E-state index is 11.9. The van der Waals surface area contributed by atoms with Gasteiger partial charge < -0.3 is 28.7 Å². The third kappa shape index (κ3) is 15.3. The molecule has 422 valence electrons. The Kier molecular flexibility index (Phi) is 22.6. The summed E-state index contributed by atoms with van der Waals surface area (Å²) in [7, 11) is 1.04. The summed E-state index contributed by atoms with van der Waals surface area (Å²) in [5.41, 5.74) is 7.88. The number of benzene rings is 4. The molecule has 4 fully saturated rings. The fraction of sp³-hybridized carbons (Fsp3) is 0.382. The molecule has 2 aliphatic heterocycles. The molecule has 4 aliphatic rings. The van der Waals surface area contributed by atoms with Gasteiger partial charge >= 0.3 is 75.7 Å². The van der Waals surface area contributed by atoms with Gasteiger partial charge in [0.1, 0.15) is 22.9 Å². The van der Waals surface area contributed by atoms with Crippen LogP contribution in [0.2, 0.25) is 20.1 Å². The van der Waals surface area contributed by atoms with E-state index >= 15 is 0 Å². The number of aromatic nitrogens is 4. The van der Waals surface area contributed by atoms with Crippen LogP contribution in [0.15, 0.2) is 81.8 Å². The third-order valence-corrected chi connectivity index (χ3v) is 17.4. The van der Waals surface area contributed by atoms with E-state index in [1.54, 1.807) is 46.9 Å². The predicted octanol–water partition coefficient (Wildman–Crippen LogP) is 17.3. The van der Waals surface area contributed by atoms with Crippen molar-refractivity contribution in [3.63, 3.8) is 0 Å². The number of rotatable bonds is 14. The van der Waals surface area contributed by atoms with Crippen molar-refractivity contribution >= 4 is 175 Å².